The fourth-order valence-electron chi connectivity index (χ4n) is 2.91. The Kier molecular flexibility index (Phi) is 4.19. The van der Waals surface area contributed by atoms with Gasteiger partial charge >= 0.3 is 5.97 Å². The van der Waals surface area contributed by atoms with Crippen molar-refractivity contribution in [2.24, 2.45) is 0 Å². The van der Waals surface area contributed by atoms with E-state index in [1.807, 2.05) is 48.5 Å². The molecule has 5 nitrogen and oxygen atoms in total. The van der Waals surface area contributed by atoms with Crippen molar-refractivity contribution in [3.05, 3.63) is 70.8 Å². The summed E-state index contributed by atoms with van der Waals surface area (Å²) in [5, 5.41) is 0. The van der Waals surface area contributed by atoms with E-state index >= 15 is 0 Å². The zero-order chi connectivity index (χ0) is 16.4. The van der Waals surface area contributed by atoms with Crippen LogP contribution in [0.4, 0.5) is 0 Å². The van der Waals surface area contributed by atoms with Crippen molar-refractivity contribution in [2.45, 2.75) is 12.3 Å². The maximum atomic E-state index is 12.5. The third kappa shape index (κ3) is 3.43. The summed E-state index contributed by atoms with van der Waals surface area (Å²) in [4.78, 5) is 12.5. The second-order valence-electron chi connectivity index (χ2n) is 5.46. The van der Waals surface area contributed by atoms with Gasteiger partial charge in [-0.3, -0.25) is 9.35 Å². The van der Waals surface area contributed by atoms with Crippen molar-refractivity contribution in [1.82, 2.24) is 0 Å². The summed E-state index contributed by atoms with van der Waals surface area (Å²) >= 11 is 0. The lowest BCUT2D eigenvalue weighted by molar-refractivity contribution is -0.143. The Balaban J connectivity index is 1.90. The van der Waals surface area contributed by atoms with Crippen LogP contribution in [0.5, 0.6) is 0 Å². The molecule has 23 heavy (non-hydrogen) atoms. The van der Waals surface area contributed by atoms with Crippen molar-refractivity contribution in [3.8, 4) is 0 Å². The van der Waals surface area contributed by atoms with Gasteiger partial charge in [0, 0.05) is 0 Å². The van der Waals surface area contributed by atoms with Gasteiger partial charge < -0.3 is 4.74 Å². The van der Waals surface area contributed by atoms with Crippen LogP contribution in [-0.2, 0) is 26.1 Å². The van der Waals surface area contributed by atoms with Crippen LogP contribution in [0.3, 0.4) is 0 Å². The Hall–Kier alpha value is -2.18. The topological polar surface area (TPSA) is 80.7 Å². The Morgan fingerprint density at radius 1 is 1.04 bits per heavy atom. The maximum absolute atomic E-state index is 12.5. The van der Waals surface area contributed by atoms with E-state index in [1.54, 1.807) is 0 Å². The van der Waals surface area contributed by atoms with Gasteiger partial charge in [0.2, 0.25) is 0 Å². The van der Waals surface area contributed by atoms with Crippen molar-refractivity contribution in [3.63, 3.8) is 0 Å². The predicted molar refractivity (Wildman–Crippen MR) is 84.9 cm³/mol. The third-order valence-electron chi connectivity index (χ3n) is 3.93. The van der Waals surface area contributed by atoms with Crippen molar-refractivity contribution in [2.75, 3.05) is 12.4 Å². The van der Waals surface area contributed by atoms with Crippen LogP contribution in [0.1, 0.15) is 28.2 Å². The zero-order valence-corrected chi connectivity index (χ0v) is 13.1. The van der Waals surface area contributed by atoms with E-state index in [1.165, 1.54) is 0 Å². The lowest BCUT2D eigenvalue weighted by atomic mass is 9.78. The molecular weight excluding hydrogens is 316 g/mol. The summed E-state index contributed by atoms with van der Waals surface area (Å²) in [7, 11) is -4.15. The average Bonchev–Trinajstić information content (AvgIpc) is 2.51. The second kappa shape index (κ2) is 6.14. The van der Waals surface area contributed by atoms with Crippen LogP contribution in [0.2, 0.25) is 0 Å². The smallest absolute Gasteiger partial charge is 0.317 e. The molecule has 0 fully saturated rings. The first-order valence-electron chi connectivity index (χ1n) is 7.23. The number of carbonyl (C=O) groups is 1. The standard InChI is InChI=1S/C17H16O5S/c18-17(22-9-10-23(19,20)21)16-14-7-3-1-5-12(14)11-13-6-2-4-8-15(13)16/h1-8,16H,9-11H2,(H,19,20,21). The molecule has 1 aliphatic rings. The largest absolute Gasteiger partial charge is 0.464 e. The van der Waals surface area contributed by atoms with Crippen LogP contribution in [0, 0.1) is 0 Å². The highest BCUT2D eigenvalue weighted by Gasteiger charge is 2.31. The Bertz CT molecular complexity index is 796. The normalized spacial score (nSPS) is 14.0. The summed E-state index contributed by atoms with van der Waals surface area (Å²) in [5.74, 6) is -1.68. The van der Waals surface area contributed by atoms with Crippen molar-refractivity contribution >= 4 is 16.1 Å². The molecule has 0 unspecified atom stereocenters. The van der Waals surface area contributed by atoms with Crippen LogP contribution < -0.4 is 0 Å². The Morgan fingerprint density at radius 3 is 2.09 bits per heavy atom. The summed E-state index contributed by atoms with van der Waals surface area (Å²) in [6.07, 6.45) is 0.751. The van der Waals surface area contributed by atoms with Crippen molar-refractivity contribution in [1.29, 1.82) is 0 Å². The van der Waals surface area contributed by atoms with Gasteiger partial charge in [0.05, 0.1) is 0 Å². The molecule has 0 amide bonds. The van der Waals surface area contributed by atoms with E-state index in [2.05, 4.69) is 0 Å². The van der Waals surface area contributed by atoms with E-state index in [-0.39, 0.29) is 6.61 Å². The summed E-state index contributed by atoms with van der Waals surface area (Å²) in [6, 6.07) is 15.3. The van der Waals surface area contributed by atoms with E-state index < -0.39 is 27.8 Å². The summed E-state index contributed by atoms with van der Waals surface area (Å²) < 4.78 is 35.3. The SMILES string of the molecule is O=C(OCCS(=O)(=O)O)C1c2ccccc2Cc2ccccc21. The number of hydrogen-bond donors (Lipinski definition) is 1. The number of rotatable bonds is 4. The molecule has 0 heterocycles. The van der Waals surface area contributed by atoms with Gasteiger partial charge in [0.1, 0.15) is 18.3 Å². The number of hydrogen-bond acceptors (Lipinski definition) is 4. The van der Waals surface area contributed by atoms with Gasteiger partial charge in [-0.05, 0) is 28.7 Å². The molecule has 1 aliphatic carbocycles. The number of carbonyl (C=O) groups excluding carboxylic acids is 1. The van der Waals surface area contributed by atoms with Crippen molar-refractivity contribution < 1.29 is 22.5 Å². The highest BCUT2D eigenvalue weighted by molar-refractivity contribution is 7.85. The highest BCUT2D eigenvalue weighted by atomic mass is 32.2. The monoisotopic (exact) mass is 332 g/mol. The van der Waals surface area contributed by atoms with E-state index in [9.17, 15) is 13.2 Å². The highest BCUT2D eigenvalue weighted by Crippen LogP contribution is 2.37. The van der Waals surface area contributed by atoms with Gasteiger partial charge in [-0.1, -0.05) is 48.5 Å². The molecule has 2 aromatic carbocycles. The average molecular weight is 332 g/mol. The minimum atomic E-state index is -4.15. The predicted octanol–water partition coefficient (Wildman–Crippen LogP) is 2.15. The number of ether oxygens (including phenoxy) is 1. The molecule has 0 atom stereocenters. The second-order valence-corrected chi connectivity index (χ2v) is 7.03. The molecule has 3 rings (SSSR count). The molecule has 0 radical (unpaired) electrons. The molecule has 120 valence electrons. The first kappa shape index (κ1) is 15.7. The Morgan fingerprint density at radius 2 is 1.57 bits per heavy atom. The molecule has 0 aromatic heterocycles. The molecule has 1 N–H and O–H groups in total. The van der Waals surface area contributed by atoms with Gasteiger partial charge in [0.15, 0.2) is 0 Å². The molecule has 0 bridgehead atoms. The minimum absolute atomic E-state index is 0.363. The fourth-order valence-corrected chi connectivity index (χ4v) is 3.21. The van der Waals surface area contributed by atoms with Crippen LogP contribution >= 0.6 is 0 Å². The molecule has 0 spiro atoms. The molecule has 0 saturated heterocycles. The van der Waals surface area contributed by atoms with Gasteiger partial charge in [-0.2, -0.15) is 8.42 Å². The fraction of sp³-hybridized carbons (Fsp3) is 0.235. The van der Waals surface area contributed by atoms with E-state index in [0.717, 1.165) is 28.7 Å². The molecular formula is C17H16O5S. The molecule has 0 aliphatic heterocycles. The number of fused-ring (bicyclic) bond motifs is 2. The minimum Gasteiger partial charge on any atom is -0.464 e. The van der Waals surface area contributed by atoms with Gasteiger partial charge in [-0.15, -0.1) is 0 Å². The van der Waals surface area contributed by atoms with Gasteiger partial charge in [0.25, 0.3) is 10.1 Å². The first-order valence-corrected chi connectivity index (χ1v) is 8.84. The van der Waals surface area contributed by atoms with E-state index in [0.29, 0.717) is 0 Å². The zero-order valence-electron chi connectivity index (χ0n) is 12.3. The quantitative estimate of drug-likeness (QED) is 0.685. The summed E-state index contributed by atoms with van der Waals surface area (Å²) in [5.41, 5.74) is 3.87. The van der Waals surface area contributed by atoms with Crippen LogP contribution in [-0.4, -0.2) is 31.3 Å². The lowest BCUT2D eigenvalue weighted by Gasteiger charge is -2.27. The first-order chi connectivity index (χ1) is 11.0. The summed E-state index contributed by atoms with van der Waals surface area (Å²) in [6.45, 7) is -0.363. The van der Waals surface area contributed by atoms with Gasteiger partial charge in [-0.25, -0.2) is 0 Å². The Labute approximate surface area is 134 Å². The molecule has 0 saturated carbocycles. The van der Waals surface area contributed by atoms with Crippen LogP contribution in [0.25, 0.3) is 0 Å². The van der Waals surface area contributed by atoms with E-state index in [4.69, 9.17) is 9.29 Å². The third-order valence-corrected chi connectivity index (χ3v) is 4.62. The molecule has 6 heteroatoms. The lowest BCUT2D eigenvalue weighted by Crippen LogP contribution is -2.25. The maximum Gasteiger partial charge on any atom is 0.317 e. The van der Waals surface area contributed by atoms with Crippen LogP contribution in [0.15, 0.2) is 48.5 Å². The molecule has 2 aromatic rings. The number of benzene rings is 2. The number of esters is 1.